The maximum Gasteiger partial charge on any atom is 0.254 e. The smallest absolute Gasteiger partial charge is 0.254 e. The quantitative estimate of drug-likeness (QED) is 0.432. The van der Waals surface area contributed by atoms with Crippen LogP contribution in [-0.4, -0.2) is 67.4 Å². The average molecular weight is 489 g/mol. The number of ether oxygens (including phenoxy) is 1. The Bertz CT molecular complexity index is 1450. The largest absolute Gasteiger partial charge is 0.494 e. The van der Waals surface area contributed by atoms with Gasteiger partial charge in [-0.2, -0.15) is 0 Å². The van der Waals surface area contributed by atoms with E-state index in [-0.39, 0.29) is 24.6 Å². The summed E-state index contributed by atoms with van der Waals surface area (Å²) in [6.45, 7) is 1.26. The molecule has 1 aromatic carbocycles. The molecule has 3 N–H and O–H groups in total. The first-order valence-electron chi connectivity index (χ1n) is 12.6. The van der Waals surface area contributed by atoms with Gasteiger partial charge in [-0.25, -0.2) is 9.97 Å². The second kappa shape index (κ2) is 8.90. The van der Waals surface area contributed by atoms with Crippen LogP contribution in [0.1, 0.15) is 36.0 Å². The van der Waals surface area contributed by atoms with E-state index >= 15 is 0 Å². The molecule has 2 atom stereocenters. The number of hydrogen-bond acceptors (Lipinski definition) is 6. The van der Waals surface area contributed by atoms with Gasteiger partial charge in [-0.1, -0.05) is 0 Å². The van der Waals surface area contributed by atoms with Crippen LogP contribution >= 0.6 is 0 Å². The predicted molar refractivity (Wildman–Crippen MR) is 138 cm³/mol. The lowest BCUT2D eigenvalue weighted by atomic mass is 9.98. The number of aryl methyl sites for hydroxylation is 1. The number of carbonyl (C=O) groups is 1. The number of amides is 1. The number of methoxy groups -OCH3 is 1. The third-order valence-electron chi connectivity index (χ3n) is 7.64. The van der Waals surface area contributed by atoms with Crippen molar-refractivity contribution in [2.75, 3.05) is 20.3 Å². The number of hydrogen-bond donors (Lipinski definition) is 2. The number of aliphatic hydroxyl groups excluding tert-OH is 1. The number of piperidine rings is 1. The lowest BCUT2D eigenvalue weighted by molar-refractivity contribution is 0.0472. The van der Waals surface area contributed by atoms with Crippen LogP contribution in [0.3, 0.4) is 0 Å². The molecule has 0 radical (unpaired) electrons. The minimum atomic E-state index is -0.232. The summed E-state index contributed by atoms with van der Waals surface area (Å²) in [6, 6.07) is 9.45. The molecule has 1 saturated carbocycles. The number of nitrogens with zero attached hydrogens (tertiary/aromatic N) is 5. The minimum Gasteiger partial charge on any atom is -0.494 e. The first kappa shape index (κ1) is 23.0. The number of carbonyl (C=O) groups excluding carboxylic acids is 1. The highest BCUT2D eigenvalue weighted by molar-refractivity contribution is 6.00. The molecular weight excluding hydrogens is 456 g/mol. The average Bonchev–Trinajstić information content (AvgIpc) is 3.56. The van der Waals surface area contributed by atoms with Crippen molar-refractivity contribution in [2.45, 2.75) is 44.3 Å². The van der Waals surface area contributed by atoms with Crippen molar-refractivity contribution >= 4 is 28.0 Å². The lowest BCUT2D eigenvalue weighted by Gasteiger charge is -2.37. The van der Waals surface area contributed by atoms with Crippen LogP contribution in [0.4, 0.5) is 0 Å². The van der Waals surface area contributed by atoms with Gasteiger partial charge in [-0.05, 0) is 61.9 Å². The van der Waals surface area contributed by atoms with E-state index < -0.39 is 0 Å². The fraction of sp³-hybridized carbons (Fsp3) is 0.444. The predicted octanol–water partition coefficient (Wildman–Crippen LogP) is 2.93. The van der Waals surface area contributed by atoms with Gasteiger partial charge in [0.15, 0.2) is 5.82 Å². The lowest BCUT2D eigenvalue weighted by Crippen LogP contribution is -2.52. The van der Waals surface area contributed by atoms with Crippen LogP contribution in [0.5, 0.6) is 5.75 Å². The van der Waals surface area contributed by atoms with Crippen LogP contribution in [0.25, 0.3) is 33.6 Å². The zero-order valence-corrected chi connectivity index (χ0v) is 20.7. The Hall–Kier alpha value is -3.43. The summed E-state index contributed by atoms with van der Waals surface area (Å²) in [6.07, 6.45) is 5.80. The van der Waals surface area contributed by atoms with Gasteiger partial charge in [0.1, 0.15) is 16.9 Å². The van der Waals surface area contributed by atoms with E-state index in [2.05, 4.69) is 21.7 Å². The standard InChI is InChI=1S/C27H32N6O3/c1-31-24-21(10-18(12-23(24)36-2)27(35)32-14-19(28)7-8-20(32)15-34)30-26(31)22-11-17-4-3-9-29-25(17)33(22)13-16-5-6-16/h3-4,9-12,16,19-20,34H,5-8,13-15,28H2,1-2H3. The second-order valence-corrected chi connectivity index (χ2v) is 10.2. The first-order chi connectivity index (χ1) is 17.5. The molecule has 2 aliphatic rings. The molecule has 1 amide bonds. The Kier molecular flexibility index (Phi) is 5.69. The molecule has 1 aliphatic heterocycles. The van der Waals surface area contributed by atoms with Gasteiger partial charge in [0.2, 0.25) is 0 Å². The number of likely N-dealkylation sites (tertiary alicyclic amines) is 1. The van der Waals surface area contributed by atoms with Crippen molar-refractivity contribution in [1.82, 2.24) is 24.0 Å². The fourth-order valence-electron chi connectivity index (χ4n) is 5.49. The van der Waals surface area contributed by atoms with Crippen LogP contribution < -0.4 is 10.5 Å². The number of fused-ring (bicyclic) bond motifs is 2. The van der Waals surface area contributed by atoms with Crippen LogP contribution in [0, 0.1) is 5.92 Å². The first-order valence-corrected chi connectivity index (χ1v) is 12.6. The molecule has 2 unspecified atom stereocenters. The third kappa shape index (κ3) is 3.83. The number of aromatic nitrogens is 4. The number of benzene rings is 1. The van der Waals surface area contributed by atoms with E-state index in [0.29, 0.717) is 35.7 Å². The summed E-state index contributed by atoms with van der Waals surface area (Å²) in [5.41, 5.74) is 10.1. The molecule has 188 valence electrons. The third-order valence-corrected chi connectivity index (χ3v) is 7.64. The van der Waals surface area contributed by atoms with Crippen molar-refractivity contribution in [3.8, 4) is 17.3 Å². The summed E-state index contributed by atoms with van der Waals surface area (Å²) in [7, 11) is 3.59. The van der Waals surface area contributed by atoms with Crippen LogP contribution in [0.2, 0.25) is 0 Å². The minimum absolute atomic E-state index is 0.0782. The van der Waals surface area contributed by atoms with Gasteiger partial charge >= 0.3 is 0 Å². The van der Waals surface area contributed by atoms with Crippen LogP contribution in [0.15, 0.2) is 36.5 Å². The van der Waals surface area contributed by atoms with Crippen molar-refractivity contribution in [3.05, 3.63) is 42.1 Å². The van der Waals surface area contributed by atoms with Gasteiger partial charge < -0.3 is 29.6 Å². The van der Waals surface area contributed by atoms with Gasteiger partial charge in [0.25, 0.3) is 5.91 Å². The zero-order valence-electron chi connectivity index (χ0n) is 20.7. The molecule has 1 saturated heterocycles. The van der Waals surface area contributed by atoms with Crippen LogP contribution in [-0.2, 0) is 13.6 Å². The van der Waals surface area contributed by atoms with Gasteiger partial charge in [-0.3, -0.25) is 4.79 Å². The Balaban J connectivity index is 1.47. The normalized spacial score (nSPS) is 20.4. The zero-order chi connectivity index (χ0) is 25.0. The summed E-state index contributed by atoms with van der Waals surface area (Å²) in [4.78, 5) is 24.9. The van der Waals surface area contributed by atoms with Gasteiger partial charge in [0, 0.05) is 43.3 Å². The molecule has 4 heterocycles. The van der Waals surface area contributed by atoms with Crippen molar-refractivity contribution in [3.63, 3.8) is 0 Å². The molecule has 0 bridgehead atoms. The van der Waals surface area contributed by atoms with E-state index in [0.717, 1.165) is 41.0 Å². The molecule has 6 rings (SSSR count). The van der Waals surface area contributed by atoms with E-state index in [1.54, 1.807) is 18.1 Å². The topological polar surface area (TPSA) is 111 Å². The molecular formula is C27H32N6O3. The van der Waals surface area contributed by atoms with Gasteiger partial charge in [0.05, 0.1) is 31.0 Å². The van der Waals surface area contributed by atoms with E-state index in [4.69, 9.17) is 15.5 Å². The fourth-order valence-corrected chi connectivity index (χ4v) is 5.49. The summed E-state index contributed by atoms with van der Waals surface area (Å²) >= 11 is 0. The van der Waals surface area contributed by atoms with E-state index in [1.807, 2.05) is 29.9 Å². The monoisotopic (exact) mass is 488 g/mol. The summed E-state index contributed by atoms with van der Waals surface area (Å²) in [5.74, 6) is 1.90. The highest BCUT2D eigenvalue weighted by Gasteiger charge is 2.32. The highest BCUT2D eigenvalue weighted by atomic mass is 16.5. The Morgan fingerprint density at radius 2 is 2.06 bits per heavy atom. The van der Waals surface area contributed by atoms with Crippen molar-refractivity contribution in [1.29, 1.82) is 0 Å². The number of pyridine rings is 1. The number of aliphatic hydroxyl groups is 1. The molecule has 1 aliphatic carbocycles. The van der Waals surface area contributed by atoms with Gasteiger partial charge in [-0.15, -0.1) is 0 Å². The maximum atomic E-state index is 13.5. The molecule has 4 aromatic rings. The Morgan fingerprint density at radius 3 is 2.81 bits per heavy atom. The van der Waals surface area contributed by atoms with Crippen molar-refractivity contribution < 1.29 is 14.6 Å². The van der Waals surface area contributed by atoms with Crippen molar-refractivity contribution in [2.24, 2.45) is 18.7 Å². The molecule has 9 heteroatoms. The second-order valence-electron chi connectivity index (χ2n) is 10.2. The SMILES string of the molecule is COc1cc(C(=O)N2CC(N)CCC2CO)cc2nc(-c3cc4cccnc4n3CC3CC3)n(C)c12. The maximum absolute atomic E-state index is 13.5. The number of rotatable bonds is 6. The molecule has 3 aromatic heterocycles. The molecule has 36 heavy (non-hydrogen) atoms. The van der Waals surface area contributed by atoms with E-state index in [9.17, 15) is 9.90 Å². The molecule has 9 nitrogen and oxygen atoms in total. The highest BCUT2D eigenvalue weighted by Crippen LogP contribution is 2.37. The summed E-state index contributed by atoms with van der Waals surface area (Å²) in [5, 5.41) is 10.9. The summed E-state index contributed by atoms with van der Waals surface area (Å²) < 4.78 is 10.1. The van der Waals surface area contributed by atoms with E-state index in [1.165, 1.54) is 12.8 Å². The number of imidazole rings is 1. The Morgan fingerprint density at radius 1 is 1.22 bits per heavy atom. The molecule has 0 spiro atoms. The Labute approximate surface area is 209 Å². The molecule has 2 fully saturated rings. The number of nitrogens with two attached hydrogens (primary N) is 1.